The smallest absolute Gasteiger partial charge is 0.00235 e. The summed E-state index contributed by atoms with van der Waals surface area (Å²) in [5, 5.41) is 3.29. The number of rotatable bonds is 3. The van der Waals surface area contributed by atoms with Crippen LogP contribution >= 0.6 is 0 Å². The molecule has 1 unspecified atom stereocenters. The van der Waals surface area contributed by atoms with Crippen LogP contribution in [-0.2, 0) is 0 Å². The predicted molar refractivity (Wildman–Crippen MR) is 54.3 cm³/mol. The van der Waals surface area contributed by atoms with Crippen molar-refractivity contribution in [1.29, 1.82) is 0 Å². The molecule has 0 aromatic rings. The third kappa shape index (κ3) is 3.14. The van der Waals surface area contributed by atoms with E-state index in [1.807, 2.05) is 0 Å². The van der Waals surface area contributed by atoms with E-state index >= 15 is 0 Å². The molecule has 0 amide bonds. The molecule has 1 atom stereocenters. The summed E-state index contributed by atoms with van der Waals surface area (Å²) in [6.07, 6.45) is 8.84. The molecule has 0 spiro atoms. The van der Waals surface area contributed by atoms with Crippen LogP contribution in [0, 0.1) is 11.8 Å². The summed E-state index contributed by atoms with van der Waals surface area (Å²) < 4.78 is 0. The zero-order valence-electron chi connectivity index (χ0n) is 8.60. The maximum Gasteiger partial charge on any atom is -0.00235 e. The first kappa shape index (κ1) is 10.0. The fourth-order valence-corrected chi connectivity index (χ4v) is 2.37. The Hall–Kier alpha value is -0.0400. The Kier molecular flexibility index (Phi) is 4.67. The van der Waals surface area contributed by atoms with E-state index < -0.39 is 0 Å². The van der Waals surface area contributed by atoms with E-state index in [1.54, 1.807) is 0 Å². The number of hydrogen-bond acceptors (Lipinski definition) is 1. The third-order valence-corrected chi connectivity index (χ3v) is 3.23. The van der Waals surface area contributed by atoms with Crippen molar-refractivity contribution in [2.45, 2.75) is 45.4 Å². The highest BCUT2D eigenvalue weighted by Crippen LogP contribution is 2.28. The van der Waals surface area contributed by atoms with E-state index in [0.717, 1.165) is 11.8 Å². The molecule has 0 aromatic carbocycles. The molecule has 1 fully saturated rings. The van der Waals surface area contributed by atoms with Crippen molar-refractivity contribution in [2.24, 2.45) is 11.8 Å². The maximum absolute atomic E-state index is 3.29. The highest BCUT2D eigenvalue weighted by atomic mass is 14.8. The van der Waals surface area contributed by atoms with Crippen molar-refractivity contribution in [3.8, 4) is 0 Å². The zero-order chi connectivity index (χ0) is 8.81. The van der Waals surface area contributed by atoms with E-state index in [2.05, 4.69) is 19.3 Å². The Morgan fingerprint density at radius 1 is 1.17 bits per heavy atom. The van der Waals surface area contributed by atoms with Gasteiger partial charge in [0.1, 0.15) is 0 Å². The largest absolute Gasteiger partial charge is 0.319 e. The second kappa shape index (κ2) is 5.58. The monoisotopic (exact) mass is 169 g/mol. The van der Waals surface area contributed by atoms with Crippen molar-refractivity contribution >= 4 is 0 Å². The van der Waals surface area contributed by atoms with Gasteiger partial charge in [-0.05, 0) is 25.4 Å². The highest BCUT2D eigenvalue weighted by Gasteiger charge is 2.17. The quantitative estimate of drug-likeness (QED) is 0.641. The van der Waals surface area contributed by atoms with Crippen LogP contribution in [0.3, 0.4) is 0 Å². The average Bonchev–Trinajstić information content (AvgIpc) is 2.32. The van der Waals surface area contributed by atoms with Crippen molar-refractivity contribution in [3.05, 3.63) is 0 Å². The Morgan fingerprint density at radius 3 is 2.25 bits per heavy atom. The van der Waals surface area contributed by atoms with Gasteiger partial charge in [-0.2, -0.15) is 0 Å². The van der Waals surface area contributed by atoms with Gasteiger partial charge in [0.25, 0.3) is 0 Å². The highest BCUT2D eigenvalue weighted by molar-refractivity contribution is 4.71. The second-order valence-corrected chi connectivity index (χ2v) is 4.29. The van der Waals surface area contributed by atoms with E-state index in [4.69, 9.17) is 0 Å². The Morgan fingerprint density at radius 2 is 1.75 bits per heavy atom. The molecule has 72 valence electrons. The van der Waals surface area contributed by atoms with Crippen LogP contribution in [0.25, 0.3) is 0 Å². The minimum absolute atomic E-state index is 0.882. The second-order valence-electron chi connectivity index (χ2n) is 4.29. The predicted octanol–water partition coefficient (Wildman–Crippen LogP) is 2.81. The van der Waals surface area contributed by atoms with Gasteiger partial charge >= 0.3 is 0 Å². The summed E-state index contributed by atoms with van der Waals surface area (Å²) in [7, 11) is 2.06. The molecule has 1 saturated carbocycles. The zero-order valence-corrected chi connectivity index (χ0v) is 8.60. The lowest BCUT2D eigenvalue weighted by molar-refractivity contribution is 0.313. The molecule has 0 heterocycles. The van der Waals surface area contributed by atoms with Crippen molar-refractivity contribution in [3.63, 3.8) is 0 Å². The number of nitrogens with one attached hydrogen (secondary N) is 1. The summed E-state index contributed by atoms with van der Waals surface area (Å²) >= 11 is 0. The molecule has 1 nitrogen and oxygen atoms in total. The SMILES string of the molecule is CNCC(C)C1CCCCCC1. The minimum atomic E-state index is 0.882. The lowest BCUT2D eigenvalue weighted by Crippen LogP contribution is -2.23. The average molecular weight is 169 g/mol. The molecule has 0 saturated heterocycles. The van der Waals surface area contributed by atoms with Crippen molar-refractivity contribution in [2.75, 3.05) is 13.6 Å². The third-order valence-electron chi connectivity index (χ3n) is 3.23. The summed E-state index contributed by atoms with van der Waals surface area (Å²) in [6.45, 7) is 3.59. The van der Waals surface area contributed by atoms with Gasteiger partial charge in [-0.1, -0.05) is 45.4 Å². The molecule has 1 heteroatoms. The van der Waals surface area contributed by atoms with Gasteiger partial charge in [0.05, 0.1) is 0 Å². The maximum atomic E-state index is 3.29. The van der Waals surface area contributed by atoms with Crippen LogP contribution in [0.4, 0.5) is 0 Å². The van der Waals surface area contributed by atoms with Crippen LogP contribution in [0.1, 0.15) is 45.4 Å². The molecule has 1 rings (SSSR count). The standard InChI is InChI=1S/C11H23N/c1-10(9-12-2)11-7-5-3-4-6-8-11/h10-12H,3-9H2,1-2H3. The van der Waals surface area contributed by atoms with Gasteiger partial charge in [-0.15, -0.1) is 0 Å². The number of hydrogen-bond donors (Lipinski definition) is 1. The molecule has 0 aromatic heterocycles. The van der Waals surface area contributed by atoms with E-state index in [0.29, 0.717) is 0 Å². The summed E-state index contributed by atoms with van der Waals surface area (Å²) in [6, 6.07) is 0. The van der Waals surface area contributed by atoms with Crippen LogP contribution in [-0.4, -0.2) is 13.6 Å². The van der Waals surface area contributed by atoms with Gasteiger partial charge in [0.2, 0.25) is 0 Å². The minimum Gasteiger partial charge on any atom is -0.319 e. The lowest BCUT2D eigenvalue weighted by Gasteiger charge is -2.21. The summed E-state index contributed by atoms with van der Waals surface area (Å²) in [4.78, 5) is 0. The fraction of sp³-hybridized carbons (Fsp3) is 1.00. The van der Waals surface area contributed by atoms with Crippen LogP contribution in [0.2, 0.25) is 0 Å². The van der Waals surface area contributed by atoms with Crippen LogP contribution in [0.15, 0.2) is 0 Å². The Bertz CT molecular complexity index is 104. The van der Waals surface area contributed by atoms with Gasteiger partial charge in [0.15, 0.2) is 0 Å². The van der Waals surface area contributed by atoms with Gasteiger partial charge in [-0.25, -0.2) is 0 Å². The van der Waals surface area contributed by atoms with Crippen LogP contribution in [0.5, 0.6) is 0 Å². The molecule has 12 heavy (non-hydrogen) atoms. The summed E-state index contributed by atoms with van der Waals surface area (Å²) in [5.74, 6) is 1.88. The molecular weight excluding hydrogens is 146 g/mol. The molecule has 1 N–H and O–H groups in total. The molecule has 0 aliphatic heterocycles. The summed E-state index contributed by atoms with van der Waals surface area (Å²) in [5.41, 5.74) is 0. The Labute approximate surface area is 76.9 Å². The first-order chi connectivity index (χ1) is 5.84. The molecule has 0 radical (unpaired) electrons. The van der Waals surface area contributed by atoms with E-state index in [9.17, 15) is 0 Å². The van der Waals surface area contributed by atoms with Gasteiger partial charge in [0, 0.05) is 0 Å². The van der Waals surface area contributed by atoms with Gasteiger partial charge < -0.3 is 5.32 Å². The fourth-order valence-electron chi connectivity index (χ4n) is 2.37. The molecular formula is C11H23N. The Balaban J connectivity index is 2.27. The first-order valence-electron chi connectivity index (χ1n) is 5.49. The van der Waals surface area contributed by atoms with E-state index in [-0.39, 0.29) is 0 Å². The van der Waals surface area contributed by atoms with Crippen LogP contribution < -0.4 is 5.32 Å². The molecule has 1 aliphatic carbocycles. The first-order valence-corrected chi connectivity index (χ1v) is 5.49. The van der Waals surface area contributed by atoms with Crippen molar-refractivity contribution < 1.29 is 0 Å². The lowest BCUT2D eigenvalue weighted by atomic mass is 9.87. The molecule has 0 bridgehead atoms. The normalized spacial score (nSPS) is 23.5. The molecule has 1 aliphatic rings. The van der Waals surface area contributed by atoms with Gasteiger partial charge in [-0.3, -0.25) is 0 Å². The topological polar surface area (TPSA) is 12.0 Å². The van der Waals surface area contributed by atoms with Crippen molar-refractivity contribution in [1.82, 2.24) is 5.32 Å². The van der Waals surface area contributed by atoms with E-state index in [1.165, 1.54) is 45.1 Å².